The van der Waals surface area contributed by atoms with E-state index in [9.17, 15) is 4.79 Å². The Labute approximate surface area is 85.7 Å². The van der Waals surface area contributed by atoms with E-state index in [2.05, 4.69) is 9.14 Å². The molecule has 12 heavy (non-hydrogen) atoms. The molecular weight excluding hydrogens is 267 g/mol. The van der Waals surface area contributed by atoms with Crippen molar-refractivity contribution < 1.29 is 7.86 Å². The number of hydrogen-bond donors (Lipinski definition) is 0. The highest BCUT2D eigenvalue weighted by molar-refractivity contribution is 14.1. The number of allylic oxidation sites excluding steroid dienone is 4. The fourth-order valence-electron chi connectivity index (χ4n) is 0.925. The van der Waals surface area contributed by atoms with Crippen LogP contribution in [-0.4, -0.2) is 5.97 Å². The van der Waals surface area contributed by atoms with Gasteiger partial charge >= 0.3 is 5.97 Å². The molecule has 0 unspecified atom stereocenters. The van der Waals surface area contributed by atoms with Gasteiger partial charge in [0.1, 0.15) is 0 Å². The van der Waals surface area contributed by atoms with Crippen molar-refractivity contribution in [2.75, 3.05) is 0 Å². The van der Waals surface area contributed by atoms with E-state index in [1.165, 1.54) is 5.57 Å². The van der Waals surface area contributed by atoms with E-state index >= 15 is 0 Å². The minimum Gasteiger partial charge on any atom is -0.391 e. The molecule has 1 aliphatic carbocycles. The van der Waals surface area contributed by atoms with E-state index in [0.29, 0.717) is 5.57 Å². The number of rotatable bonds is 1. The van der Waals surface area contributed by atoms with Gasteiger partial charge in [0.15, 0.2) is 23.0 Å². The summed E-state index contributed by atoms with van der Waals surface area (Å²) in [5, 5.41) is 0. The average molecular weight is 276 g/mol. The smallest absolute Gasteiger partial charge is 0.347 e. The molecule has 0 bridgehead atoms. The van der Waals surface area contributed by atoms with Crippen molar-refractivity contribution >= 4 is 29.0 Å². The maximum atomic E-state index is 11.1. The lowest BCUT2D eigenvalue weighted by molar-refractivity contribution is -0.126. The minimum absolute atomic E-state index is 0.282. The zero-order valence-corrected chi connectivity index (χ0v) is 8.87. The third-order valence-corrected chi connectivity index (χ3v) is 2.01. The van der Waals surface area contributed by atoms with Gasteiger partial charge in [-0.25, -0.2) is 4.79 Å². The van der Waals surface area contributed by atoms with Crippen molar-refractivity contribution in [1.82, 2.24) is 0 Å². The van der Waals surface area contributed by atoms with E-state index < -0.39 is 0 Å². The molecule has 3 heteroatoms. The molecule has 0 aromatic heterocycles. The van der Waals surface area contributed by atoms with E-state index in [-0.39, 0.29) is 5.97 Å². The van der Waals surface area contributed by atoms with Crippen molar-refractivity contribution in [1.29, 1.82) is 0 Å². The molecule has 1 aliphatic rings. The highest BCUT2D eigenvalue weighted by atomic mass is 127. The Balaban J connectivity index is 2.77. The second kappa shape index (κ2) is 4.45. The largest absolute Gasteiger partial charge is 0.391 e. The highest BCUT2D eigenvalue weighted by Crippen LogP contribution is 2.12. The van der Waals surface area contributed by atoms with Crippen LogP contribution in [0.25, 0.3) is 0 Å². The quantitative estimate of drug-likeness (QED) is 0.688. The van der Waals surface area contributed by atoms with Gasteiger partial charge in [-0.05, 0) is 19.4 Å². The molecule has 64 valence electrons. The van der Waals surface area contributed by atoms with Gasteiger partial charge in [-0.15, -0.1) is 0 Å². The predicted octanol–water partition coefficient (Wildman–Crippen LogP) is 2.71. The van der Waals surface area contributed by atoms with E-state index in [1.807, 2.05) is 19.1 Å². The molecule has 0 atom stereocenters. The third kappa shape index (κ3) is 2.48. The van der Waals surface area contributed by atoms with Crippen molar-refractivity contribution in [3.63, 3.8) is 0 Å². The summed E-state index contributed by atoms with van der Waals surface area (Å²) in [5.74, 6) is -0.282. The molecule has 0 spiro atoms. The summed E-state index contributed by atoms with van der Waals surface area (Å²) in [6.07, 6.45) is 8.39. The maximum absolute atomic E-state index is 11.1. The van der Waals surface area contributed by atoms with Gasteiger partial charge in [-0.3, -0.25) is 0 Å². The van der Waals surface area contributed by atoms with Crippen LogP contribution >= 0.6 is 23.0 Å². The third-order valence-electron chi connectivity index (χ3n) is 1.61. The number of hydrogen-bond acceptors (Lipinski definition) is 2. The van der Waals surface area contributed by atoms with Crippen molar-refractivity contribution in [2.24, 2.45) is 0 Å². The molecule has 0 radical (unpaired) electrons. The maximum Gasteiger partial charge on any atom is 0.347 e. The standard InChI is InChI=1S/C9H9IO2/c1-7-3-2-4-8(6-5-7)9(11)12-10/h3-6H,2H2,1H3. The molecule has 0 N–H and O–H groups in total. The van der Waals surface area contributed by atoms with Crippen LogP contribution in [0, 0.1) is 0 Å². The molecule has 0 aromatic rings. The first-order chi connectivity index (χ1) is 5.74. The molecule has 0 amide bonds. The SMILES string of the molecule is CC1=CCC=C(C(=O)OI)C=C1. The molecule has 0 aromatic carbocycles. The lowest BCUT2D eigenvalue weighted by Gasteiger charge is -1.94. The Bertz CT molecular complexity index is 274. The molecule has 0 fully saturated rings. The summed E-state index contributed by atoms with van der Waals surface area (Å²) < 4.78 is 4.57. The fraction of sp³-hybridized carbons (Fsp3) is 0.222. The summed E-state index contributed by atoms with van der Waals surface area (Å²) in [6.45, 7) is 2.00. The molecular formula is C9H9IO2. The zero-order chi connectivity index (χ0) is 8.97. The number of carbonyl (C=O) groups excluding carboxylic acids is 1. The fourth-order valence-corrected chi connectivity index (χ4v) is 1.18. The summed E-state index contributed by atoms with van der Waals surface area (Å²) >= 11 is 1.59. The van der Waals surface area contributed by atoms with Gasteiger partial charge in [0.25, 0.3) is 0 Å². The monoisotopic (exact) mass is 276 g/mol. The highest BCUT2D eigenvalue weighted by Gasteiger charge is 2.06. The Morgan fingerprint density at radius 1 is 1.50 bits per heavy atom. The van der Waals surface area contributed by atoms with E-state index in [4.69, 9.17) is 0 Å². The lowest BCUT2D eigenvalue weighted by atomic mass is 10.2. The molecule has 1 rings (SSSR count). The topological polar surface area (TPSA) is 26.3 Å². The van der Waals surface area contributed by atoms with Crippen molar-refractivity contribution in [3.8, 4) is 0 Å². The van der Waals surface area contributed by atoms with Crippen LogP contribution in [0.5, 0.6) is 0 Å². The van der Waals surface area contributed by atoms with Crippen LogP contribution in [0.2, 0.25) is 0 Å². The molecule has 2 nitrogen and oxygen atoms in total. The first kappa shape index (κ1) is 9.51. The molecule has 0 saturated carbocycles. The number of halogens is 1. The van der Waals surface area contributed by atoms with Gasteiger partial charge in [0.05, 0.1) is 5.57 Å². The van der Waals surface area contributed by atoms with Crippen LogP contribution in [0.1, 0.15) is 13.3 Å². The van der Waals surface area contributed by atoms with Crippen LogP contribution in [0.4, 0.5) is 0 Å². The minimum atomic E-state index is -0.282. The van der Waals surface area contributed by atoms with Crippen LogP contribution < -0.4 is 0 Å². The Morgan fingerprint density at radius 2 is 2.25 bits per heavy atom. The summed E-state index contributed by atoms with van der Waals surface area (Å²) in [7, 11) is 0. The second-order valence-corrected chi connectivity index (χ2v) is 2.98. The van der Waals surface area contributed by atoms with Gasteiger partial charge in [0, 0.05) is 0 Å². The van der Waals surface area contributed by atoms with E-state index in [1.54, 1.807) is 29.1 Å². The molecule has 0 heterocycles. The van der Waals surface area contributed by atoms with Gasteiger partial charge in [-0.2, -0.15) is 0 Å². The first-order valence-corrected chi connectivity index (χ1v) is 4.50. The van der Waals surface area contributed by atoms with Gasteiger partial charge in [-0.1, -0.05) is 23.8 Å². The zero-order valence-electron chi connectivity index (χ0n) is 6.71. The number of carbonyl (C=O) groups is 1. The van der Waals surface area contributed by atoms with Gasteiger partial charge < -0.3 is 3.07 Å². The van der Waals surface area contributed by atoms with Crippen LogP contribution in [-0.2, 0) is 7.86 Å². The molecule has 0 saturated heterocycles. The van der Waals surface area contributed by atoms with Crippen LogP contribution in [0.15, 0.2) is 35.5 Å². The lowest BCUT2D eigenvalue weighted by Crippen LogP contribution is -1.98. The Hall–Kier alpha value is -0.580. The van der Waals surface area contributed by atoms with Crippen molar-refractivity contribution in [2.45, 2.75) is 13.3 Å². The normalized spacial score (nSPS) is 16.2. The summed E-state index contributed by atoms with van der Waals surface area (Å²) in [4.78, 5) is 11.1. The Morgan fingerprint density at radius 3 is 2.92 bits per heavy atom. The Kier molecular flexibility index (Phi) is 3.52. The molecule has 0 aliphatic heterocycles. The van der Waals surface area contributed by atoms with E-state index in [0.717, 1.165) is 6.42 Å². The summed E-state index contributed by atoms with van der Waals surface area (Å²) in [6, 6.07) is 0. The van der Waals surface area contributed by atoms with Gasteiger partial charge in [0.2, 0.25) is 0 Å². The van der Waals surface area contributed by atoms with Crippen LogP contribution in [0.3, 0.4) is 0 Å². The summed E-state index contributed by atoms with van der Waals surface area (Å²) in [5.41, 5.74) is 1.79. The first-order valence-electron chi connectivity index (χ1n) is 3.62. The second-order valence-electron chi connectivity index (χ2n) is 2.54. The average Bonchev–Trinajstić information content (AvgIpc) is 2.29. The van der Waals surface area contributed by atoms with Crippen molar-refractivity contribution in [3.05, 3.63) is 35.5 Å². The predicted molar refractivity (Wildman–Crippen MR) is 55.7 cm³/mol.